The van der Waals surface area contributed by atoms with E-state index in [0.717, 1.165) is 18.5 Å². The van der Waals surface area contributed by atoms with Crippen molar-refractivity contribution in [1.29, 1.82) is 0 Å². The number of nitrogens with one attached hydrogen (secondary N) is 1. The van der Waals surface area contributed by atoms with Gasteiger partial charge in [-0.05, 0) is 43.7 Å². The summed E-state index contributed by atoms with van der Waals surface area (Å²) in [5.74, 6) is 0.0828. The lowest BCUT2D eigenvalue weighted by Gasteiger charge is -2.12. The van der Waals surface area contributed by atoms with Crippen LogP contribution in [0.15, 0.2) is 36.2 Å². The SMILES string of the molecule is O=C(Cc1cccnc1)NCCC1=CCCCC1. The number of carbonyl (C=O) groups is 1. The molecule has 2 rings (SSSR count). The third kappa shape index (κ3) is 4.32. The van der Waals surface area contributed by atoms with Gasteiger partial charge in [-0.1, -0.05) is 17.7 Å². The van der Waals surface area contributed by atoms with E-state index in [1.807, 2.05) is 12.1 Å². The molecule has 0 atom stereocenters. The molecule has 0 spiro atoms. The van der Waals surface area contributed by atoms with Crippen molar-refractivity contribution >= 4 is 5.91 Å². The Bertz CT molecular complexity index is 412. The van der Waals surface area contributed by atoms with Crippen LogP contribution < -0.4 is 5.32 Å². The predicted molar refractivity (Wildman–Crippen MR) is 72.1 cm³/mol. The van der Waals surface area contributed by atoms with E-state index in [0.29, 0.717) is 6.42 Å². The van der Waals surface area contributed by atoms with Crippen molar-refractivity contribution < 1.29 is 4.79 Å². The number of carbonyl (C=O) groups excluding carboxylic acids is 1. The summed E-state index contributed by atoms with van der Waals surface area (Å²) >= 11 is 0. The maximum Gasteiger partial charge on any atom is 0.224 e. The topological polar surface area (TPSA) is 42.0 Å². The number of amides is 1. The molecule has 1 aromatic heterocycles. The molecule has 1 aliphatic carbocycles. The molecule has 0 aromatic carbocycles. The fraction of sp³-hybridized carbons (Fsp3) is 0.467. The zero-order valence-corrected chi connectivity index (χ0v) is 10.7. The molecule has 0 unspecified atom stereocenters. The highest BCUT2D eigenvalue weighted by Gasteiger charge is 2.05. The van der Waals surface area contributed by atoms with Gasteiger partial charge in [-0.25, -0.2) is 0 Å². The highest BCUT2D eigenvalue weighted by atomic mass is 16.1. The van der Waals surface area contributed by atoms with Crippen LogP contribution in [0.2, 0.25) is 0 Å². The van der Waals surface area contributed by atoms with Crippen LogP contribution in [-0.2, 0) is 11.2 Å². The molecule has 1 aromatic rings. The number of allylic oxidation sites excluding steroid dienone is 1. The zero-order chi connectivity index (χ0) is 12.6. The summed E-state index contributed by atoms with van der Waals surface area (Å²) in [5.41, 5.74) is 2.47. The fourth-order valence-electron chi connectivity index (χ4n) is 2.24. The van der Waals surface area contributed by atoms with Crippen molar-refractivity contribution in [3.8, 4) is 0 Å². The normalized spacial score (nSPS) is 15.0. The van der Waals surface area contributed by atoms with E-state index < -0.39 is 0 Å². The smallest absolute Gasteiger partial charge is 0.224 e. The van der Waals surface area contributed by atoms with Crippen molar-refractivity contribution in [2.75, 3.05) is 6.54 Å². The fourth-order valence-corrected chi connectivity index (χ4v) is 2.24. The quantitative estimate of drug-likeness (QED) is 0.809. The largest absolute Gasteiger partial charge is 0.355 e. The number of rotatable bonds is 5. The number of aromatic nitrogens is 1. The molecular weight excluding hydrogens is 224 g/mol. The lowest BCUT2D eigenvalue weighted by atomic mass is 9.97. The van der Waals surface area contributed by atoms with Gasteiger partial charge in [0.25, 0.3) is 0 Å². The Kier molecular flexibility index (Phi) is 4.94. The average molecular weight is 244 g/mol. The number of hydrogen-bond donors (Lipinski definition) is 1. The van der Waals surface area contributed by atoms with Gasteiger partial charge in [0.2, 0.25) is 5.91 Å². The van der Waals surface area contributed by atoms with Crippen LogP contribution in [0.4, 0.5) is 0 Å². The Balaban J connectivity index is 1.67. The third-order valence-corrected chi connectivity index (χ3v) is 3.24. The predicted octanol–water partition coefficient (Wildman–Crippen LogP) is 2.63. The summed E-state index contributed by atoms with van der Waals surface area (Å²) in [6, 6.07) is 3.78. The molecule has 3 heteroatoms. The van der Waals surface area contributed by atoms with Crippen molar-refractivity contribution in [3.05, 3.63) is 41.7 Å². The van der Waals surface area contributed by atoms with Gasteiger partial charge in [-0.15, -0.1) is 0 Å². The zero-order valence-electron chi connectivity index (χ0n) is 10.7. The molecule has 18 heavy (non-hydrogen) atoms. The Labute approximate surface area is 108 Å². The summed E-state index contributed by atoms with van der Waals surface area (Å²) < 4.78 is 0. The Hall–Kier alpha value is -1.64. The summed E-state index contributed by atoms with van der Waals surface area (Å²) in [5, 5.41) is 2.97. The minimum Gasteiger partial charge on any atom is -0.355 e. The van der Waals surface area contributed by atoms with E-state index in [4.69, 9.17) is 0 Å². The first-order chi connectivity index (χ1) is 8.84. The van der Waals surface area contributed by atoms with Crippen LogP contribution in [0.3, 0.4) is 0 Å². The van der Waals surface area contributed by atoms with E-state index in [1.165, 1.54) is 31.3 Å². The molecule has 0 saturated carbocycles. The number of pyridine rings is 1. The molecular formula is C15H20N2O. The van der Waals surface area contributed by atoms with E-state index in [2.05, 4.69) is 16.4 Å². The molecule has 1 amide bonds. The van der Waals surface area contributed by atoms with Crippen LogP contribution >= 0.6 is 0 Å². The Morgan fingerprint density at radius 1 is 1.39 bits per heavy atom. The van der Waals surface area contributed by atoms with E-state index in [-0.39, 0.29) is 5.91 Å². The molecule has 1 aliphatic rings. The summed E-state index contributed by atoms with van der Waals surface area (Å²) in [7, 11) is 0. The second-order valence-electron chi connectivity index (χ2n) is 4.75. The standard InChI is InChI=1S/C15H20N2O/c18-15(11-14-7-4-9-16-12-14)17-10-8-13-5-2-1-3-6-13/h4-5,7,9,12H,1-3,6,8,10-11H2,(H,17,18). The number of nitrogens with zero attached hydrogens (tertiary/aromatic N) is 1. The highest BCUT2D eigenvalue weighted by molar-refractivity contribution is 5.78. The highest BCUT2D eigenvalue weighted by Crippen LogP contribution is 2.19. The molecule has 3 nitrogen and oxygen atoms in total. The monoisotopic (exact) mass is 244 g/mol. The van der Waals surface area contributed by atoms with Crippen LogP contribution in [0.1, 0.15) is 37.7 Å². The third-order valence-electron chi connectivity index (χ3n) is 3.24. The van der Waals surface area contributed by atoms with Gasteiger partial charge >= 0.3 is 0 Å². The van der Waals surface area contributed by atoms with Gasteiger partial charge in [0.15, 0.2) is 0 Å². The molecule has 0 fully saturated rings. The van der Waals surface area contributed by atoms with Crippen LogP contribution in [0, 0.1) is 0 Å². The van der Waals surface area contributed by atoms with Crippen molar-refractivity contribution in [1.82, 2.24) is 10.3 Å². The van der Waals surface area contributed by atoms with Crippen LogP contribution in [0.25, 0.3) is 0 Å². The molecule has 0 radical (unpaired) electrons. The maximum atomic E-state index is 11.7. The molecule has 0 aliphatic heterocycles. The minimum absolute atomic E-state index is 0.0828. The van der Waals surface area contributed by atoms with Crippen LogP contribution in [-0.4, -0.2) is 17.4 Å². The van der Waals surface area contributed by atoms with Crippen molar-refractivity contribution in [2.24, 2.45) is 0 Å². The summed E-state index contributed by atoms with van der Waals surface area (Å²) in [6.07, 6.45) is 12.2. The van der Waals surface area contributed by atoms with Gasteiger partial charge < -0.3 is 5.32 Å². The molecule has 1 N–H and O–H groups in total. The van der Waals surface area contributed by atoms with Crippen molar-refractivity contribution in [3.63, 3.8) is 0 Å². The Morgan fingerprint density at radius 2 is 2.33 bits per heavy atom. The lowest BCUT2D eigenvalue weighted by Crippen LogP contribution is -2.26. The minimum atomic E-state index is 0.0828. The molecule has 1 heterocycles. The van der Waals surface area contributed by atoms with E-state index in [1.54, 1.807) is 12.4 Å². The van der Waals surface area contributed by atoms with Gasteiger partial charge in [-0.3, -0.25) is 9.78 Å². The lowest BCUT2D eigenvalue weighted by molar-refractivity contribution is -0.120. The van der Waals surface area contributed by atoms with Gasteiger partial charge in [-0.2, -0.15) is 0 Å². The van der Waals surface area contributed by atoms with E-state index >= 15 is 0 Å². The second kappa shape index (κ2) is 6.94. The van der Waals surface area contributed by atoms with Gasteiger partial charge in [0.05, 0.1) is 6.42 Å². The Morgan fingerprint density at radius 3 is 3.06 bits per heavy atom. The van der Waals surface area contributed by atoms with Gasteiger partial charge in [0.1, 0.15) is 0 Å². The maximum absolute atomic E-state index is 11.7. The number of hydrogen-bond acceptors (Lipinski definition) is 2. The first-order valence-corrected chi connectivity index (χ1v) is 6.68. The average Bonchev–Trinajstić information content (AvgIpc) is 2.41. The van der Waals surface area contributed by atoms with Crippen LogP contribution in [0.5, 0.6) is 0 Å². The molecule has 0 saturated heterocycles. The first kappa shape index (κ1) is 12.8. The second-order valence-corrected chi connectivity index (χ2v) is 4.75. The summed E-state index contributed by atoms with van der Waals surface area (Å²) in [4.78, 5) is 15.7. The molecule has 96 valence electrons. The first-order valence-electron chi connectivity index (χ1n) is 6.68. The van der Waals surface area contributed by atoms with Gasteiger partial charge in [0, 0.05) is 18.9 Å². The van der Waals surface area contributed by atoms with Crippen molar-refractivity contribution in [2.45, 2.75) is 38.5 Å². The molecule has 0 bridgehead atoms. The summed E-state index contributed by atoms with van der Waals surface area (Å²) in [6.45, 7) is 0.755. The van der Waals surface area contributed by atoms with E-state index in [9.17, 15) is 4.79 Å².